The Labute approximate surface area is 144 Å². The lowest BCUT2D eigenvalue weighted by atomic mass is 9.94. The molecule has 0 heterocycles. The first-order valence-electron chi connectivity index (χ1n) is 8.87. The Kier molecular flexibility index (Phi) is 7.53. The Bertz CT molecular complexity index is 514. The highest BCUT2D eigenvalue weighted by Gasteiger charge is 2.22. The largest absolute Gasteiger partial charge is 0.491 e. The second-order valence-corrected chi connectivity index (χ2v) is 6.36. The quantitative estimate of drug-likeness (QED) is 0.740. The molecule has 1 fully saturated rings. The number of hydrogen-bond donors (Lipinski definition) is 1. The fourth-order valence-electron chi connectivity index (χ4n) is 3.33. The maximum Gasteiger partial charge on any atom is 0.337 e. The van der Waals surface area contributed by atoms with Crippen molar-refractivity contribution in [1.29, 1.82) is 0 Å². The van der Waals surface area contributed by atoms with Gasteiger partial charge in [0.2, 0.25) is 0 Å². The van der Waals surface area contributed by atoms with Crippen molar-refractivity contribution in [3.05, 3.63) is 29.8 Å². The molecule has 5 heteroatoms. The Morgan fingerprint density at radius 3 is 2.75 bits per heavy atom. The molecule has 1 aromatic rings. The normalized spacial score (nSPS) is 16.8. The van der Waals surface area contributed by atoms with E-state index in [9.17, 15) is 9.90 Å². The zero-order valence-corrected chi connectivity index (χ0v) is 14.7. The van der Waals surface area contributed by atoms with Crippen molar-refractivity contribution in [1.82, 2.24) is 4.90 Å². The molecule has 134 valence electrons. The van der Waals surface area contributed by atoms with Crippen molar-refractivity contribution in [3.63, 3.8) is 0 Å². The molecule has 0 aliphatic heterocycles. The average molecular weight is 335 g/mol. The van der Waals surface area contributed by atoms with Gasteiger partial charge in [0.1, 0.15) is 18.5 Å². The molecule has 0 radical (unpaired) electrons. The van der Waals surface area contributed by atoms with Crippen LogP contribution in [0, 0.1) is 0 Å². The standard InChI is InChI=1S/C19H29NO4/c1-3-20(16-9-5-4-6-10-16)13-17(21)14-24-18-11-7-8-15(12-18)19(22)23-2/h7-8,11-12,16-17,21H,3-6,9-10,13-14H2,1-2H3. The van der Waals surface area contributed by atoms with Gasteiger partial charge in [0.15, 0.2) is 0 Å². The number of rotatable bonds is 8. The monoisotopic (exact) mass is 335 g/mol. The van der Waals surface area contributed by atoms with Crippen LogP contribution < -0.4 is 4.74 Å². The summed E-state index contributed by atoms with van der Waals surface area (Å²) in [6.07, 6.45) is 5.80. The second-order valence-electron chi connectivity index (χ2n) is 6.36. The highest BCUT2D eigenvalue weighted by atomic mass is 16.5. The summed E-state index contributed by atoms with van der Waals surface area (Å²) in [6, 6.07) is 7.42. The molecule has 1 aromatic carbocycles. The predicted octanol–water partition coefficient (Wildman–Crippen LogP) is 2.87. The van der Waals surface area contributed by atoms with Crippen molar-refractivity contribution < 1.29 is 19.4 Å². The highest BCUT2D eigenvalue weighted by molar-refractivity contribution is 5.89. The summed E-state index contributed by atoms with van der Waals surface area (Å²) in [5.41, 5.74) is 0.446. The number of aliphatic hydroxyl groups is 1. The number of esters is 1. The summed E-state index contributed by atoms with van der Waals surface area (Å²) in [5.74, 6) is 0.174. The topological polar surface area (TPSA) is 59.0 Å². The molecule has 0 bridgehead atoms. The van der Waals surface area contributed by atoms with Crippen molar-refractivity contribution in [2.75, 3.05) is 26.8 Å². The number of carbonyl (C=O) groups is 1. The summed E-state index contributed by atoms with van der Waals surface area (Å²) in [7, 11) is 1.35. The summed E-state index contributed by atoms with van der Waals surface area (Å²) in [6.45, 7) is 3.92. The fraction of sp³-hybridized carbons (Fsp3) is 0.632. The van der Waals surface area contributed by atoms with Crippen molar-refractivity contribution in [2.24, 2.45) is 0 Å². The minimum Gasteiger partial charge on any atom is -0.491 e. The van der Waals surface area contributed by atoms with E-state index in [0.29, 0.717) is 23.9 Å². The van der Waals surface area contributed by atoms with E-state index < -0.39 is 12.1 Å². The molecule has 1 unspecified atom stereocenters. The Morgan fingerprint density at radius 2 is 2.08 bits per heavy atom. The van der Waals surface area contributed by atoms with E-state index in [1.165, 1.54) is 39.2 Å². The third kappa shape index (κ3) is 5.49. The van der Waals surface area contributed by atoms with Crippen LogP contribution in [0.25, 0.3) is 0 Å². The number of ether oxygens (including phenoxy) is 2. The molecular weight excluding hydrogens is 306 g/mol. The average Bonchev–Trinajstić information content (AvgIpc) is 2.64. The number of aliphatic hydroxyl groups excluding tert-OH is 1. The van der Waals surface area contributed by atoms with Gasteiger partial charge in [-0.1, -0.05) is 32.3 Å². The lowest BCUT2D eigenvalue weighted by molar-refractivity contribution is 0.0462. The minimum absolute atomic E-state index is 0.216. The van der Waals surface area contributed by atoms with Crippen LogP contribution in [0.5, 0.6) is 5.75 Å². The minimum atomic E-state index is -0.548. The van der Waals surface area contributed by atoms with Gasteiger partial charge in [-0.15, -0.1) is 0 Å². The van der Waals surface area contributed by atoms with Crippen LogP contribution in [0.2, 0.25) is 0 Å². The first-order valence-corrected chi connectivity index (χ1v) is 8.87. The molecule has 1 aliphatic carbocycles. The van der Waals surface area contributed by atoms with E-state index in [4.69, 9.17) is 9.47 Å². The van der Waals surface area contributed by atoms with Crippen LogP contribution >= 0.6 is 0 Å². The molecule has 24 heavy (non-hydrogen) atoms. The number of nitrogens with zero attached hydrogens (tertiary/aromatic N) is 1. The molecule has 1 atom stereocenters. The lowest BCUT2D eigenvalue weighted by Crippen LogP contribution is -2.43. The SMILES string of the molecule is CCN(CC(O)COc1cccc(C(=O)OC)c1)C1CCCCC1. The Balaban J connectivity index is 1.83. The number of carbonyl (C=O) groups excluding carboxylic acids is 1. The van der Waals surface area contributed by atoms with Crippen LogP contribution in [0.4, 0.5) is 0 Å². The Morgan fingerprint density at radius 1 is 1.33 bits per heavy atom. The van der Waals surface area contributed by atoms with E-state index in [-0.39, 0.29) is 6.61 Å². The number of likely N-dealkylation sites (N-methyl/N-ethyl adjacent to an activating group) is 1. The highest BCUT2D eigenvalue weighted by Crippen LogP contribution is 2.22. The van der Waals surface area contributed by atoms with Crippen LogP contribution in [-0.2, 0) is 4.74 Å². The van der Waals surface area contributed by atoms with Crippen LogP contribution in [-0.4, -0.2) is 54.9 Å². The van der Waals surface area contributed by atoms with Gasteiger partial charge in [-0.05, 0) is 37.6 Å². The molecular formula is C19H29NO4. The van der Waals surface area contributed by atoms with Crippen molar-refractivity contribution in [2.45, 2.75) is 51.2 Å². The van der Waals surface area contributed by atoms with E-state index in [2.05, 4.69) is 11.8 Å². The van der Waals surface area contributed by atoms with Gasteiger partial charge in [-0.3, -0.25) is 4.90 Å². The number of methoxy groups -OCH3 is 1. The molecule has 0 aromatic heterocycles. The first-order chi connectivity index (χ1) is 11.6. The van der Waals surface area contributed by atoms with Crippen LogP contribution in [0.1, 0.15) is 49.4 Å². The molecule has 1 N–H and O–H groups in total. The van der Waals surface area contributed by atoms with Crippen LogP contribution in [0.15, 0.2) is 24.3 Å². The van der Waals surface area contributed by atoms with E-state index in [1.807, 2.05) is 0 Å². The zero-order valence-electron chi connectivity index (χ0n) is 14.7. The summed E-state index contributed by atoms with van der Waals surface area (Å²) < 4.78 is 10.4. The van der Waals surface area contributed by atoms with Gasteiger partial charge in [0, 0.05) is 12.6 Å². The number of benzene rings is 1. The third-order valence-corrected chi connectivity index (χ3v) is 4.64. The van der Waals surface area contributed by atoms with Gasteiger partial charge in [-0.2, -0.15) is 0 Å². The van der Waals surface area contributed by atoms with E-state index >= 15 is 0 Å². The van der Waals surface area contributed by atoms with Gasteiger partial charge in [0.05, 0.1) is 12.7 Å². The molecule has 1 aliphatic rings. The molecule has 5 nitrogen and oxygen atoms in total. The molecule has 2 rings (SSSR count). The third-order valence-electron chi connectivity index (χ3n) is 4.64. The molecule has 1 saturated carbocycles. The van der Waals surface area contributed by atoms with Gasteiger partial charge < -0.3 is 14.6 Å². The molecule has 0 spiro atoms. The second kappa shape index (κ2) is 9.64. The zero-order chi connectivity index (χ0) is 17.4. The smallest absolute Gasteiger partial charge is 0.337 e. The van der Waals surface area contributed by atoms with Gasteiger partial charge in [0.25, 0.3) is 0 Å². The maximum atomic E-state index is 11.5. The molecule has 0 amide bonds. The van der Waals surface area contributed by atoms with E-state index in [1.54, 1.807) is 24.3 Å². The Hall–Kier alpha value is -1.59. The van der Waals surface area contributed by atoms with Gasteiger partial charge in [-0.25, -0.2) is 4.79 Å². The summed E-state index contributed by atoms with van der Waals surface area (Å²) in [4.78, 5) is 13.9. The summed E-state index contributed by atoms with van der Waals surface area (Å²) >= 11 is 0. The predicted molar refractivity (Wildman–Crippen MR) is 93.4 cm³/mol. The van der Waals surface area contributed by atoms with Gasteiger partial charge >= 0.3 is 5.97 Å². The van der Waals surface area contributed by atoms with Crippen LogP contribution in [0.3, 0.4) is 0 Å². The lowest BCUT2D eigenvalue weighted by Gasteiger charge is -2.34. The van der Waals surface area contributed by atoms with Crippen molar-refractivity contribution in [3.8, 4) is 5.75 Å². The first kappa shape index (κ1) is 18.7. The molecule has 0 saturated heterocycles. The van der Waals surface area contributed by atoms with E-state index in [0.717, 1.165) is 6.54 Å². The number of hydrogen-bond acceptors (Lipinski definition) is 5. The maximum absolute atomic E-state index is 11.5. The summed E-state index contributed by atoms with van der Waals surface area (Å²) in [5, 5.41) is 10.3. The fourth-order valence-corrected chi connectivity index (χ4v) is 3.33. The van der Waals surface area contributed by atoms with Crippen molar-refractivity contribution >= 4 is 5.97 Å².